The molecule has 5 heteroatoms. The fraction of sp³-hybridized carbons (Fsp3) is 0.333. The fourth-order valence-electron chi connectivity index (χ4n) is 1.67. The molecule has 90 valence electrons. The highest BCUT2D eigenvalue weighted by atomic mass is 19.1. The Morgan fingerprint density at radius 3 is 2.65 bits per heavy atom. The second-order valence-corrected chi connectivity index (χ2v) is 3.85. The molecule has 0 bridgehead atoms. The van der Waals surface area contributed by atoms with Crippen LogP contribution in [0.3, 0.4) is 0 Å². The van der Waals surface area contributed by atoms with Crippen LogP contribution in [0.15, 0.2) is 30.5 Å². The van der Waals surface area contributed by atoms with Crippen molar-refractivity contribution in [3.63, 3.8) is 0 Å². The minimum atomic E-state index is -0.240. The Morgan fingerprint density at radius 1 is 1.18 bits per heavy atom. The summed E-state index contributed by atoms with van der Waals surface area (Å²) in [5, 5.41) is 7.91. The lowest BCUT2D eigenvalue weighted by molar-refractivity contribution is 0.549. The van der Waals surface area contributed by atoms with Crippen LogP contribution in [0.1, 0.15) is 12.8 Å². The molecule has 0 unspecified atom stereocenters. The van der Waals surface area contributed by atoms with Gasteiger partial charge in [0.05, 0.1) is 11.9 Å². The molecule has 1 aromatic heterocycles. The first-order chi connectivity index (χ1) is 8.31. The van der Waals surface area contributed by atoms with E-state index in [0.29, 0.717) is 6.54 Å². The van der Waals surface area contributed by atoms with Gasteiger partial charge < -0.3 is 5.73 Å². The number of hydrogen-bond acceptors (Lipinski definition) is 3. The molecule has 0 saturated carbocycles. The van der Waals surface area contributed by atoms with Crippen molar-refractivity contribution in [2.45, 2.75) is 19.4 Å². The monoisotopic (exact) mass is 234 g/mol. The Morgan fingerprint density at radius 2 is 1.94 bits per heavy atom. The summed E-state index contributed by atoms with van der Waals surface area (Å²) in [6.45, 7) is 1.46. The van der Waals surface area contributed by atoms with Crippen molar-refractivity contribution in [3.8, 4) is 11.3 Å². The highest BCUT2D eigenvalue weighted by molar-refractivity contribution is 5.57. The van der Waals surface area contributed by atoms with Gasteiger partial charge in [0.15, 0.2) is 0 Å². The predicted molar refractivity (Wildman–Crippen MR) is 63.7 cm³/mol. The average molecular weight is 234 g/mol. The summed E-state index contributed by atoms with van der Waals surface area (Å²) in [4.78, 5) is 0. The topological polar surface area (TPSA) is 56.7 Å². The van der Waals surface area contributed by atoms with Crippen molar-refractivity contribution in [1.82, 2.24) is 15.0 Å². The van der Waals surface area contributed by atoms with Crippen LogP contribution in [0.2, 0.25) is 0 Å². The van der Waals surface area contributed by atoms with Crippen molar-refractivity contribution in [2.75, 3.05) is 6.54 Å². The van der Waals surface area contributed by atoms with E-state index < -0.39 is 0 Å². The zero-order valence-corrected chi connectivity index (χ0v) is 9.51. The minimum absolute atomic E-state index is 0.240. The van der Waals surface area contributed by atoms with Gasteiger partial charge in [0.25, 0.3) is 0 Å². The van der Waals surface area contributed by atoms with Gasteiger partial charge in [-0.05, 0) is 43.7 Å². The standard InChI is InChI=1S/C12H15FN4/c13-11-5-3-10(4-6-11)12-9-15-16-17(12)8-2-1-7-14/h3-6,9H,1-2,7-8,14H2. The average Bonchev–Trinajstić information content (AvgIpc) is 2.79. The molecule has 2 rings (SSSR count). The molecule has 4 nitrogen and oxygen atoms in total. The lowest BCUT2D eigenvalue weighted by Crippen LogP contribution is -2.05. The van der Waals surface area contributed by atoms with Crippen molar-refractivity contribution in [1.29, 1.82) is 0 Å². The third-order valence-corrected chi connectivity index (χ3v) is 2.58. The molecule has 0 aliphatic heterocycles. The molecule has 17 heavy (non-hydrogen) atoms. The predicted octanol–water partition coefficient (Wildman–Crippen LogP) is 1.82. The van der Waals surface area contributed by atoms with E-state index in [1.54, 1.807) is 18.3 Å². The van der Waals surface area contributed by atoms with E-state index in [2.05, 4.69) is 10.3 Å². The first kappa shape index (κ1) is 11.7. The van der Waals surface area contributed by atoms with E-state index in [1.165, 1.54) is 12.1 Å². The van der Waals surface area contributed by atoms with Crippen LogP contribution in [0.25, 0.3) is 11.3 Å². The van der Waals surface area contributed by atoms with Crippen molar-refractivity contribution >= 4 is 0 Å². The first-order valence-electron chi connectivity index (χ1n) is 5.66. The van der Waals surface area contributed by atoms with E-state index in [-0.39, 0.29) is 5.82 Å². The molecule has 0 amide bonds. The summed E-state index contributed by atoms with van der Waals surface area (Å²) in [5.41, 5.74) is 7.27. The highest BCUT2D eigenvalue weighted by Gasteiger charge is 2.06. The molecule has 0 fully saturated rings. The van der Waals surface area contributed by atoms with Gasteiger partial charge in [0.2, 0.25) is 0 Å². The van der Waals surface area contributed by atoms with Gasteiger partial charge in [-0.25, -0.2) is 9.07 Å². The fourth-order valence-corrected chi connectivity index (χ4v) is 1.67. The van der Waals surface area contributed by atoms with Gasteiger partial charge >= 0.3 is 0 Å². The normalized spacial score (nSPS) is 10.7. The van der Waals surface area contributed by atoms with Crippen LogP contribution in [0.5, 0.6) is 0 Å². The number of halogens is 1. The summed E-state index contributed by atoms with van der Waals surface area (Å²) in [6.07, 6.45) is 3.62. The van der Waals surface area contributed by atoms with E-state index in [4.69, 9.17) is 5.73 Å². The summed E-state index contributed by atoms with van der Waals surface area (Å²) in [6, 6.07) is 6.33. The Balaban J connectivity index is 2.15. The second kappa shape index (κ2) is 5.54. The number of unbranched alkanes of at least 4 members (excludes halogenated alkanes) is 1. The molecular formula is C12H15FN4. The van der Waals surface area contributed by atoms with Crippen LogP contribution in [0, 0.1) is 5.82 Å². The third-order valence-electron chi connectivity index (χ3n) is 2.58. The van der Waals surface area contributed by atoms with Crippen LogP contribution in [0.4, 0.5) is 4.39 Å². The maximum Gasteiger partial charge on any atom is 0.123 e. The van der Waals surface area contributed by atoms with E-state index in [1.807, 2.05) is 4.68 Å². The van der Waals surface area contributed by atoms with Gasteiger partial charge in [0.1, 0.15) is 5.82 Å². The lowest BCUT2D eigenvalue weighted by Gasteiger charge is -2.05. The number of hydrogen-bond donors (Lipinski definition) is 1. The van der Waals surface area contributed by atoms with Gasteiger partial charge in [0, 0.05) is 12.1 Å². The molecule has 2 aromatic rings. The summed E-state index contributed by atoms with van der Waals surface area (Å²) < 4.78 is 14.6. The van der Waals surface area contributed by atoms with Gasteiger partial charge in [-0.1, -0.05) is 5.21 Å². The number of nitrogens with two attached hydrogens (primary N) is 1. The number of aryl methyl sites for hydroxylation is 1. The Bertz CT molecular complexity index is 464. The molecule has 0 saturated heterocycles. The number of nitrogens with zero attached hydrogens (tertiary/aromatic N) is 3. The molecule has 0 radical (unpaired) electrons. The molecule has 1 aromatic carbocycles. The molecule has 1 heterocycles. The minimum Gasteiger partial charge on any atom is -0.330 e. The maximum atomic E-state index is 12.8. The SMILES string of the molecule is NCCCCn1nncc1-c1ccc(F)cc1. The Labute approximate surface area is 99.2 Å². The van der Waals surface area contributed by atoms with Crippen LogP contribution < -0.4 is 5.73 Å². The zero-order chi connectivity index (χ0) is 12.1. The Kier molecular flexibility index (Phi) is 3.82. The quantitative estimate of drug-likeness (QED) is 0.803. The zero-order valence-electron chi connectivity index (χ0n) is 9.51. The number of rotatable bonds is 5. The molecular weight excluding hydrogens is 219 g/mol. The van der Waals surface area contributed by atoms with Crippen LogP contribution >= 0.6 is 0 Å². The van der Waals surface area contributed by atoms with Crippen LogP contribution in [-0.2, 0) is 6.54 Å². The van der Waals surface area contributed by atoms with Crippen LogP contribution in [-0.4, -0.2) is 21.5 Å². The van der Waals surface area contributed by atoms with Crippen molar-refractivity contribution < 1.29 is 4.39 Å². The van der Waals surface area contributed by atoms with E-state index >= 15 is 0 Å². The molecule has 0 aliphatic rings. The van der Waals surface area contributed by atoms with E-state index in [9.17, 15) is 4.39 Å². The summed E-state index contributed by atoms with van der Waals surface area (Å²) in [7, 11) is 0. The Hall–Kier alpha value is -1.75. The van der Waals surface area contributed by atoms with Gasteiger partial charge in [-0.2, -0.15) is 0 Å². The first-order valence-corrected chi connectivity index (χ1v) is 5.66. The van der Waals surface area contributed by atoms with E-state index in [0.717, 1.165) is 30.6 Å². The highest BCUT2D eigenvalue weighted by Crippen LogP contribution is 2.18. The molecule has 2 N–H and O–H groups in total. The number of aromatic nitrogens is 3. The molecule has 0 atom stereocenters. The largest absolute Gasteiger partial charge is 0.330 e. The summed E-state index contributed by atoms with van der Waals surface area (Å²) in [5.74, 6) is -0.240. The van der Waals surface area contributed by atoms with Crippen molar-refractivity contribution in [3.05, 3.63) is 36.3 Å². The summed E-state index contributed by atoms with van der Waals surface area (Å²) >= 11 is 0. The molecule has 0 aliphatic carbocycles. The van der Waals surface area contributed by atoms with Gasteiger partial charge in [-0.15, -0.1) is 5.10 Å². The maximum absolute atomic E-state index is 12.8. The second-order valence-electron chi connectivity index (χ2n) is 3.85. The lowest BCUT2D eigenvalue weighted by atomic mass is 10.1. The smallest absolute Gasteiger partial charge is 0.123 e. The number of benzene rings is 1. The third kappa shape index (κ3) is 2.88. The van der Waals surface area contributed by atoms with Crippen molar-refractivity contribution in [2.24, 2.45) is 5.73 Å². The molecule has 0 spiro atoms. The van der Waals surface area contributed by atoms with Gasteiger partial charge in [-0.3, -0.25) is 0 Å².